The normalized spacial score (nSPS) is 22.3. The van der Waals surface area contributed by atoms with Gasteiger partial charge >= 0.3 is 5.97 Å². The molecule has 1 rings (SSSR count). The highest BCUT2D eigenvalue weighted by Crippen LogP contribution is 2.34. The Morgan fingerprint density at radius 3 is 2.47 bits per heavy atom. The van der Waals surface area contributed by atoms with E-state index in [1.807, 2.05) is 13.8 Å². The second-order valence-corrected chi connectivity index (χ2v) is 7.55. The van der Waals surface area contributed by atoms with Crippen molar-refractivity contribution in [2.45, 2.75) is 47.3 Å². The number of carbonyl (C=O) groups excluding carboxylic acids is 1. The first kappa shape index (κ1) is 14.8. The second-order valence-electron chi connectivity index (χ2n) is 6.40. The van der Waals surface area contributed by atoms with E-state index >= 15 is 0 Å². The van der Waals surface area contributed by atoms with Gasteiger partial charge in [0.2, 0.25) is 6.29 Å². The van der Waals surface area contributed by atoms with E-state index in [2.05, 4.69) is 20.8 Å². The zero-order valence-electron chi connectivity index (χ0n) is 11.5. The fourth-order valence-electron chi connectivity index (χ4n) is 2.21. The summed E-state index contributed by atoms with van der Waals surface area (Å²) in [4.78, 5) is 12.1. The lowest BCUT2D eigenvalue weighted by molar-refractivity contribution is -0.185. The zero-order chi connectivity index (χ0) is 13.1. The van der Waals surface area contributed by atoms with Crippen LogP contribution in [0.15, 0.2) is 0 Å². The van der Waals surface area contributed by atoms with Crippen molar-refractivity contribution in [3.8, 4) is 0 Å². The second kappa shape index (κ2) is 5.61. The number of rotatable bonds is 3. The maximum Gasteiger partial charge on any atom is 0.313 e. The van der Waals surface area contributed by atoms with Crippen LogP contribution in [0.3, 0.4) is 0 Å². The Hall–Kier alpha value is -0.220. The molecule has 0 aromatic rings. The van der Waals surface area contributed by atoms with E-state index in [1.54, 1.807) is 11.8 Å². The molecule has 0 bridgehead atoms. The molecule has 1 saturated heterocycles. The van der Waals surface area contributed by atoms with Crippen LogP contribution >= 0.6 is 11.8 Å². The third-order valence-corrected chi connectivity index (χ3v) is 3.51. The predicted octanol–water partition coefficient (Wildman–Crippen LogP) is 3.08. The van der Waals surface area contributed by atoms with Crippen LogP contribution in [0.1, 0.15) is 41.0 Å². The van der Waals surface area contributed by atoms with Gasteiger partial charge in [-0.1, -0.05) is 20.8 Å². The summed E-state index contributed by atoms with van der Waals surface area (Å²) in [6, 6.07) is 0. The molecule has 0 aliphatic carbocycles. The van der Waals surface area contributed by atoms with Crippen molar-refractivity contribution in [3.05, 3.63) is 0 Å². The van der Waals surface area contributed by atoms with E-state index in [1.165, 1.54) is 0 Å². The number of ether oxygens (including phenoxy) is 2. The van der Waals surface area contributed by atoms with Crippen LogP contribution in [-0.4, -0.2) is 30.4 Å². The molecule has 1 fully saturated rings. The lowest BCUT2D eigenvalue weighted by Gasteiger charge is -2.32. The largest absolute Gasteiger partial charge is 0.434 e. The molecule has 1 aliphatic heterocycles. The minimum absolute atomic E-state index is 0.116. The van der Waals surface area contributed by atoms with Crippen molar-refractivity contribution in [3.63, 3.8) is 0 Å². The number of carbonyl (C=O) groups is 1. The SMILES string of the molecule is CC(C)(C)CC(C)(C)C(=O)OC1CSCCO1. The molecule has 1 unspecified atom stereocenters. The standard InChI is InChI=1S/C13H24O3S/c1-12(2,3)9-13(4,5)11(14)16-10-8-17-7-6-15-10/h10H,6-9H2,1-5H3. The Kier molecular flexibility index (Phi) is 4.90. The zero-order valence-corrected chi connectivity index (χ0v) is 12.4. The quantitative estimate of drug-likeness (QED) is 0.731. The van der Waals surface area contributed by atoms with Gasteiger partial charge in [-0.3, -0.25) is 4.79 Å². The van der Waals surface area contributed by atoms with E-state index in [-0.39, 0.29) is 17.7 Å². The van der Waals surface area contributed by atoms with Gasteiger partial charge in [-0.25, -0.2) is 0 Å². The van der Waals surface area contributed by atoms with E-state index in [9.17, 15) is 4.79 Å². The summed E-state index contributed by atoms with van der Waals surface area (Å²) in [6.45, 7) is 11.0. The van der Waals surface area contributed by atoms with Crippen molar-refractivity contribution in [1.29, 1.82) is 0 Å². The van der Waals surface area contributed by atoms with Gasteiger partial charge in [0.25, 0.3) is 0 Å². The molecule has 1 atom stereocenters. The first-order chi connectivity index (χ1) is 7.71. The molecule has 4 heteroatoms. The molecule has 0 amide bonds. The monoisotopic (exact) mass is 260 g/mol. The topological polar surface area (TPSA) is 35.5 Å². The molecule has 3 nitrogen and oxygen atoms in total. The molecule has 1 heterocycles. The molecule has 0 aromatic heterocycles. The first-order valence-corrected chi connectivity index (χ1v) is 7.27. The van der Waals surface area contributed by atoms with E-state index in [0.29, 0.717) is 6.61 Å². The molecule has 1 aliphatic rings. The van der Waals surface area contributed by atoms with Crippen LogP contribution in [0.2, 0.25) is 0 Å². The van der Waals surface area contributed by atoms with Crippen molar-refractivity contribution in [2.75, 3.05) is 18.1 Å². The van der Waals surface area contributed by atoms with Crippen molar-refractivity contribution < 1.29 is 14.3 Å². The summed E-state index contributed by atoms with van der Waals surface area (Å²) >= 11 is 1.77. The van der Waals surface area contributed by atoms with Crippen LogP contribution in [-0.2, 0) is 14.3 Å². The third-order valence-electron chi connectivity index (χ3n) is 2.55. The maximum atomic E-state index is 12.1. The molecular formula is C13H24O3S. The predicted molar refractivity (Wildman–Crippen MR) is 71.0 cm³/mol. The van der Waals surface area contributed by atoms with Gasteiger partial charge in [-0.05, 0) is 25.7 Å². The smallest absolute Gasteiger partial charge is 0.313 e. The molecule has 0 saturated carbocycles. The molecule has 0 aromatic carbocycles. The van der Waals surface area contributed by atoms with Crippen LogP contribution in [0, 0.1) is 10.8 Å². The number of hydrogen-bond donors (Lipinski definition) is 0. The first-order valence-electron chi connectivity index (χ1n) is 6.11. The Labute approximate surface area is 109 Å². The average Bonchev–Trinajstić information content (AvgIpc) is 2.15. The molecule has 100 valence electrons. The van der Waals surface area contributed by atoms with Gasteiger partial charge in [-0.2, -0.15) is 11.8 Å². The van der Waals surface area contributed by atoms with Crippen LogP contribution < -0.4 is 0 Å². The summed E-state index contributed by atoms with van der Waals surface area (Å²) in [5.41, 5.74) is -0.339. The van der Waals surface area contributed by atoms with E-state index < -0.39 is 5.41 Å². The average molecular weight is 260 g/mol. The third kappa shape index (κ3) is 5.30. The number of hydrogen-bond acceptors (Lipinski definition) is 4. The molecule has 17 heavy (non-hydrogen) atoms. The summed E-state index contributed by atoms with van der Waals surface area (Å²) < 4.78 is 10.8. The van der Waals surface area contributed by atoms with Crippen LogP contribution in [0.4, 0.5) is 0 Å². The van der Waals surface area contributed by atoms with Gasteiger partial charge in [0.15, 0.2) is 0 Å². The van der Waals surface area contributed by atoms with Gasteiger partial charge in [0.05, 0.1) is 17.8 Å². The Bertz CT molecular complexity index is 262. The summed E-state index contributed by atoms with van der Waals surface area (Å²) in [5.74, 6) is 1.58. The molecule has 0 spiro atoms. The van der Waals surface area contributed by atoms with Crippen molar-refractivity contribution in [2.24, 2.45) is 10.8 Å². The molecule has 0 radical (unpaired) electrons. The van der Waals surface area contributed by atoms with Gasteiger partial charge in [0, 0.05) is 5.75 Å². The molecular weight excluding hydrogens is 236 g/mol. The minimum atomic E-state index is -0.455. The number of esters is 1. The maximum absolute atomic E-state index is 12.1. The highest BCUT2D eigenvalue weighted by atomic mass is 32.2. The highest BCUT2D eigenvalue weighted by Gasteiger charge is 2.35. The summed E-state index contributed by atoms with van der Waals surface area (Å²) in [5, 5.41) is 0. The lowest BCUT2D eigenvalue weighted by Crippen LogP contribution is -2.37. The van der Waals surface area contributed by atoms with Gasteiger partial charge < -0.3 is 9.47 Å². The van der Waals surface area contributed by atoms with Crippen molar-refractivity contribution in [1.82, 2.24) is 0 Å². The highest BCUT2D eigenvalue weighted by molar-refractivity contribution is 7.99. The minimum Gasteiger partial charge on any atom is -0.434 e. The molecule has 0 N–H and O–H groups in total. The summed E-state index contributed by atoms with van der Waals surface area (Å²) in [7, 11) is 0. The fraction of sp³-hybridized carbons (Fsp3) is 0.923. The van der Waals surface area contributed by atoms with E-state index in [0.717, 1.165) is 17.9 Å². The van der Waals surface area contributed by atoms with Crippen LogP contribution in [0.5, 0.6) is 0 Å². The van der Waals surface area contributed by atoms with Crippen molar-refractivity contribution >= 4 is 17.7 Å². The van der Waals surface area contributed by atoms with Gasteiger partial charge in [-0.15, -0.1) is 0 Å². The Morgan fingerprint density at radius 1 is 1.35 bits per heavy atom. The number of thioether (sulfide) groups is 1. The lowest BCUT2D eigenvalue weighted by atomic mass is 9.76. The van der Waals surface area contributed by atoms with Gasteiger partial charge in [0.1, 0.15) is 0 Å². The van der Waals surface area contributed by atoms with E-state index in [4.69, 9.17) is 9.47 Å². The summed E-state index contributed by atoms with van der Waals surface area (Å²) in [6.07, 6.45) is 0.444. The van der Waals surface area contributed by atoms with Crippen LogP contribution in [0.25, 0.3) is 0 Å². The fourth-order valence-corrected chi connectivity index (χ4v) is 2.95. The Morgan fingerprint density at radius 2 is 2.00 bits per heavy atom. The Balaban J connectivity index is 2.49.